The molecule has 0 N–H and O–H groups in total. The molecule has 34 heavy (non-hydrogen) atoms. The van der Waals surface area contributed by atoms with Crippen molar-refractivity contribution in [2.24, 2.45) is 0 Å². The van der Waals surface area contributed by atoms with Gasteiger partial charge in [-0.2, -0.15) is 0 Å². The van der Waals surface area contributed by atoms with Gasteiger partial charge in [-0.25, -0.2) is 0 Å². The molecular weight excluding hydrogens is 518 g/mol. The van der Waals surface area contributed by atoms with Crippen LogP contribution in [0.1, 0.15) is 32.6 Å². The zero-order chi connectivity index (χ0) is 23.8. The molecule has 3 aromatic rings. The van der Waals surface area contributed by atoms with Gasteiger partial charge >= 0.3 is 0 Å². The minimum atomic E-state index is -0.129. The smallest absolute Gasteiger partial charge is 0.232 e. The van der Waals surface area contributed by atoms with Gasteiger partial charge in [-0.3, -0.25) is 9.69 Å². The molecule has 5 rings (SSSR count). The molecule has 0 aromatic heterocycles. The Kier molecular flexibility index (Phi) is 6.38. The molecule has 7 heteroatoms. The van der Waals surface area contributed by atoms with Crippen molar-refractivity contribution in [3.63, 3.8) is 0 Å². The van der Waals surface area contributed by atoms with Crippen LogP contribution in [-0.2, 0) is 13.0 Å². The standard InChI is InChI=1S/C27H23BrClNO4/c1-16-11-23-21(14-30(15-33-23)10-9-17-3-6-20(29)7-4-17)27-25(16)26(31)24(34-27)13-18-12-19(28)5-8-22(18)32-2/h3-8,11-13H,9-10,14-15H2,1-2H3/b24-13+. The zero-order valence-electron chi connectivity index (χ0n) is 18.9. The van der Waals surface area contributed by atoms with Crippen LogP contribution in [0.4, 0.5) is 0 Å². The Bertz CT molecular complexity index is 1300. The van der Waals surface area contributed by atoms with Crippen LogP contribution in [0, 0.1) is 6.92 Å². The summed E-state index contributed by atoms with van der Waals surface area (Å²) < 4.78 is 18.6. The van der Waals surface area contributed by atoms with Gasteiger partial charge in [0.25, 0.3) is 0 Å². The van der Waals surface area contributed by atoms with Gasteiger partial charge in [0.1, 0.15) is 24.0 Å². The third kappa shape index (κ3) is 4.45. The molecule has 0 fully saturated rings. The largest absolute Gasteiger partial charge is 0.496 e. The number of allylic oxidation sites excluding steroid dienone is 1. The van der Waals surface area contributed by atoms with Crippen molar-refractivity contribution < 1.29 is 19.0 Å². The highest BCUT2D eigenvalue weighted by Gasteiger charge is 2.35. The first-order valence-electron chi connectivity index (χ1n) is 11.0. The number of ether oxygens (including phenoxy) is 3. The molecule has 0 aliphatic carbocycles. The van der Waals surface area contributed by atoms with E-state index in [9.17, 15) is 4.79 Å². The van der Waals surface area contributed by atoms with Crippen LogP contribution >= 0.6 is 27.5 Å². The number of halogens is 2. The summed E-state index contributed by atoms with van der Waals surface area (Å²) in [7, 11) is 1.60. The SMILES string of the molecule is COc1ccc(Br)cc1/C=C1/Oc2c3c(cc(C)c2C1=O)OCN(CCc1ccc(Cl)cc1)C3. The maximum absolute atomic E-state index is 13.3. The van der Waals surface area contributed by atoms with E-state index in [2.05, 4.69) is 20.8 Å². The zero-order valence-corrected chi connectivity index (χ0v) is 21.2. The van der Waals surface area contributed by atoms with Crippen LogP contribution < -0.4 is 14.2 Å². The second-order valence-electron chi connectivity index (χ2n) is 8.40. The van der Waals surface area contributed by atoms with Crippen LogP contribution in [-0.4, -0.2) is 31.1 Å². The van der Waals surface area contributed by atoms with Crippen molar-refractivity contribution in [1.82, 2.24) is 4.90 Å². The molecule has 2 aliphatic heterocycles. The number of carbonyl (C=O) groups is 1. The average molecular weight is 541 g/mol. The van der Waals surface area contributed by atoms with E-state index in [1.165, 1.54) is 5.56 Å². The fourth-order valence-electron chi connectivity index (χ4n) is 4.32. The van der Waals surface area contributed by atoms with Gasteiger partial charge < -0.3 is 14.2 Å². The summed E-state index contributed by atoms with van der Waals surface area (Å²) >= 11 is 9.48. The van der Waals surface area contributed by atoms with Crippen LogP contribution in [0.3, 0.4) is 0 Å². The van der Waals surface area contributed by atoms with Crippen molar-refractivity contribution in [2.75, 3.05) is 20.4 Å². The molecule has 2 heterocycles. The van der Waals surface area contributed by atoms with Gasteiger partial charge in [-0.05, 0) is 66.9 Å². The van der Waals surface area contributed by atoms with Crippen molar-refractivity contribution in [1.29, 1.82) is 0 Å². The Morgan fingerprint density at radius 1 is 1.18 bits per heavy atom. The first-order chi connectivity index (χ1) is 16.4. The molecule has 0 bridgehead atoms. The summed E-state index contributed by atoms with van der Waals surface area (Å²) in [5.74, 6) is 2.18. The number of hydrogen-bond acceptors (Lipinski definition) is 5. The molecule has 0 radical (unpaired) electrons. The summed E-state index contributed by atoms with van der Waals surface area (Å²) in [5, 5.41) is 0.732. The predicted molar refractivity (Wildman–Crippen MR) is 136 cm³/mol. The van der Waals surface area contributed by atoms with Crippen LogP contribution in [0.5, 0.6) is 17.2 Å². The second-order valence-corrected chi connectivity index (χ2v) is 9.75. The second kappa shape index (κ2) is 9.45. The number of methoxy groups -OCH3 is 1. The molecule has 3 aromatic carbocycles. The van der Waals surface area contributed by atoms with E-state index in [0.29, 0.717) is 30.3 Å². The Balaban J connectivity index is 1.41. The molecular formula is C27H23BrClNO4. The first kappa shape index (κ1) is 23.0. The predicted octanol–water partition coefficient (Wildman–Crippen LogP) is 6.43. The molecule has 174 valence electrons. The lowest BCUT2D eigenvalue weighted by atomic mass is 9.98. The number of fused-ring (bicyclic) bond motifs is 3. The molecule has 0 saturated heterocycles. The molecule has 5 nitrogen and oxygen atoms in total. The van der Waals surface area contributed by atoms with E-state index in [4.69, 9.17) is 25.8 Å². The van der Waals surface area contributed by atoms with Gasteiger partial charge in [-0.15, -0.1) is 0 Å². The average Bonchev–Trinajstić information content (AvgIpc) is 3.16. The number of aryl methyl sites for hydroxylation is 1. The fourth-order valence-corrected chi connectivity index (χ4v) is 4.82. The lowest BCUT2D eigenvalue weighted by Crippen LogP contribution is -2.33. The van der Waals surface area contributed by atoms with Crippen LogP contribution in [0.2, 0.25) is 5.02 Å². The number of rotatable bonds is 5. The quantitative estimate of drug-likeness (QED) is 0.349. The minimum absolute atomic E-state index is 0.129. The molecule has 0 saturated carbocycles. The Labute approximate surface area is 212 Å². The van der Waals surface area contributed by atoms with E-state index < -0.39 is 0 Å². The number of hydrogen-bond donors (Lipinski definition) is 0. The molecule has 0 unspecified atom stereocenters. The molecule has 2 aliphatic rings. The molecule has 0 amide bonds. The lowest BCUT2D eigenvalue weighted by Gasteiger charge is -2.30. The van der Waals surface area contributed by atoms with E-state index in [1.54, 1.807) is 13.2 Å². The summed E-state index contributed by atoms with van der Waals surface area (Å²) in [4.78, 5) is 15.5. The Morgan fingerprint density at radius 3 is 2.74 bits per heavy atom. The third-order valence-corrected chi connectivity index (χ3v) is 6.84. The Hall–Kier alpha value is -2.80. The van der Waals surface area contributed by atoms with Crippen molar-refractivity contribution in [3.8, 4) is 17.2 Å². The highest BCUT2D eigenvalue weighted by atomic mass is 79.9. The third-order valence-electron chi connectivity index (χ3n) is 6.10. The minimum Gasteiger partial charge on any atom is -0.496 e. The maximum Gasteiger partial charge on any atom is 0.232 e. The molecule has 0 atom stereocenters. The number of benzene rings is 3. The van der Waals surface area contributed by atoms with Crippen molar-refractivity contribution in [2.45, 2.75) is 19.9 Å². The maximum atomic E-state index is 13.3. The summed E-state index contributed by atoms with van der Waals surface area (Å²) in [6.07, 6.45) is 2.61. The first-order valence-corrected chi connectivity index (χ1v) is 12.1. The van der Waals surface area contributed by atoms with E-state index in [-0.39, 0.29) is 11.5 Å². The van der Waals surface area contributed by atoms with E-state index in [0.717, 1.165) is 44.9 Å². The van der Waals surface area contributed by atoms with E-state index in [1.807, 2.05) is 55.5 Å². The lowest BCUT2D eigenvalue weighted by molar-refractivity contribution is 0.0949. The van der Waals surface area contributed by atoms with Gasteiger partial charge in [0.05, 0.1) is 18.2 Å². The van der Waals surface area contributed by atoms with Gasteiger partial charge in [0.15, 0.2) is 5.76 Å². The summed E-state index contributed by atoms with van der Waals surface area (Å²) in [6, 6.07) is 15.5. The highest BCUT2D eigenvalue weighted by molar-refractivity contribution is 9.10. The van der Waals surface area contributed by atoms with Crippen molar-refractivity contribution in [3.05, 3.63) is 91.6 Å². The highest BCUT2D eigenvalue weighted by Crippen LogP contribution is 2.44. The Morgan fingerprint density at radius 2 is 1.97 bits per heavy atom. The number of nitrogens with zero attached hydrogens (tertiary/aromatic N) is 1. The summed E-state index contributed by atoms with van der Waals surface area (Å²) in [5.41, 5.74) is 4.32. The number of carbonyl (C=O) groups excluding carboxylic acids is 1. The normalized spacial score (nSPS) is 16.1. The van der Waals surface area contributed by atoms with Crippen molar-refractivity contribution >= 4 is 39.4 Å². The monoisotopic (exact) mass is 539 g/mol. The molecule has 0 spiro atoms. The van der Waals surface area contributed by atoms with Crippen LogP contribution in [0.25, 0.3) is 6.08 Å². The van der Waals surface area contributed by atoms with E-state index >= 15 is 0 Å². The number of Topliss-reactive ketones (excluding diaryl/α,β-unsaturated/α-hetero) is 1. The van der Waals surface area contributed by atoms with Gasteiger partial charge in [0, 0.05) is 28.1 Å². The van der Waals surface area contributed by atoms with Crippen LogP contribution in [0.15, 0.2) is 58.8 Å². The topological polar surface area (TPSA) is 48.0 Å². The van der Waals surface area contributed by atoms with Gasteiger partial charge in [-0.1, -0.05) is 39.7 Å². The fraction of sp³-hybridized carbons (Fsp3) is 0.222. The van der Waals surface area contributed by atoms with Gasteiger partial charge in [0.2, 0.25) is 5.78 Å². The summed E-state index contributed by atoms with van der Waals surface area (Å²) in [6.45, 7) is 3.87. The number of ketones is 1.